The van der Waals surface area contributed by atoms with Crippen molar-refractivity contribution >= 4 is 11.9 Å². The maximum atomic E-state index is 10.7. The molecular formula is C2HN9O2-2. The van der Waals surface area contributed by atoms with Gasteiger partial charge in [-0.2, -0.15) is 0 Å². The summed E-state index contributed by atoms with van der Waals surface area (Å²) in [6, 6.07) is 0. The Bertz CT molecular complexity index is 365. The highest BCUT2D eigenvalue weighted by molar-refractivity contribution is 5.41. The molecule has 2 heterocycles. The van der Waals surface area contributed by atoms with Gasteiger partial charge in [-0.3, -0.25) is 5.32 Å². The van der Waals surface area contributed by atoms with Crippen molar-refractivity contribution in [2.24, 2.45) is 0 Å². The van der Waals surface area contributed by atoms with Gasteiger partial charge in [-0.25, -0.2) is 9.69 Å². The van der Waals surface area contributed by atoms with Gasteiger partial charge in [0.15, 0.2) is 0 Å². The van der Waals surface area contributed by atoms with Gasteiger partial charge in [0.25, 0.3) is 0 Å². The standard InChI is InChI=1S/C2HN9O2/c12-10-1(4-6-8-10)3-2-5-7-9-11(2)13/h(H,3,4,5,8,9)/q-2. The Hall–Kier alpha value is -2.46. The topological polar surface area (TPSA) is 145 Å². The molecule has 0 saturated heterocycles. The number of tetrazole rings is 2. The molecule has 68 valence electrons. The summed E-state index contributed by atoms with van der Waals surface area (Å²) in [4.78, 5) is 0.184. The second kappa shape index (κ2) is 2.54. The molecule has 0 atom stereocenters. The molecule has 0 bridgehead atoms. The monoisotopic (exact) mass is 183 g/mol. The summed E-state index contributed by atoms with van der Waals surface area (Å²) in [6.07, 6.45) is 0. The zero-order valence-electron chi connectivity index (χ0n) is 5.89. The van der Waals surface area contributed by atoms with Crippen LogP contribution in [0.15, 0.2) is 0 Å². The smallest absolute Gasteiger partial charge is 0.245 e. The Morgan fingerprint density at radius 1 is 0.923 bits per heavy atom. The highest BCUT2D eigenvalue weighted by Gasteiger charge is 2.03. The fraction of sp³-hybridized carbons (Fsp3) is 0. The van der Waals surface area contributed by atoms with Crippen LogP contribution in [0.1, 0.15) is 0 Å². The largest absolute Gasteiger partial charge is 0.787 e. The minimum absolute atomic E-state index is 0.0919. The Morgan fingerprint density at radius 3 is 1.69 bits per heavy atom. The van der Waals surface area contributed by atoms with Crippen LogP contribution in [0.25, 0.3) is 0 Å². The van der Waals surface area contributed by atoms with E-state index < -0.39 is 0 Å². The van der Waals surface area contributed by atoms with Crippen LogP contribution in [-0.2, 0) is 0 Å². The molecule has 0 unspecified atom stereocenters. The third-order valence-corrected chi connectivity index (χ3v) is 1.11. The van der Waals surface area contributed by atoms with Crippen molar-refractivity contribution in [2.45, 2.75) is 0 Å². The van der Waals surface area contributed by atoms with E-state index in [4.69, 9.17) is 0 Å². The highest BCUT2D eigenvalue weighted by Crippen LogP contribution is 2.05. The van der Waals surface area contributed by atoms with Gasteiger partial charge in [0.05, 0.1) is 0 Å². The summed E-state index contributed by atoms with van der Waals surface area (Å²) in [5.74, 6) is -0.543. The van der Waals surface area contributed by atoms with Crippen molar-refractivity contribution in [3.63, 3.8) is 0 Å². The van der Waals surface area contributed by atoms with Gasteiger partial charge in [-0.05, 0) is 20.9 Å². The average Bonchev–Trinajstić information content (AvgIpc) is 2.65. The molecule has 0 radical (unpaired) electrons. The second-order valence-electron chi connectivity index (χ2n) is 1.88. The van der Waals surface area contributed by atoms with Crippen LogP contribution in [0, 0.1) is 10.4 Å². The number of anilines is 2. The average molecular weight is 183 g/mol. The van der Waals surface area contributed by atoms with Gasteiger partial charge in [0, 0.05) is 0 Å². The van der Waals surface area contributed by atoms with E-state index in [-0.39, 0.29) is 21.6 Å². The maximum absolute atomic E-state index is 10.7. The predicted molar refractivity (Wildman–Crippen MR) is 36.4 cm³/mol. The molecule has 11 nitrogen and oxygen atoms in total. The number of hydrogen-bond acceptors (Lipinski definition) is 9. The maximum Gasteiger partial charge on any atom is 0.245 e. The number of nitrogens with one attached hydrogen (secondary N) is 1. The van der Waals surface area contributed by atoms with E-state index in [0.29, 0.717) is 0 Å². The molecule has 0 fully saturated rings. The minimum Gasteiger partial charge on any atom is -0.787 e. The third kappa shape index (κ3) is 1.17. The van der Waals surface area contributed by atoms with E-state index in [1.54, 1.807) is 0 Å². The van der Waals surface area contributed by atoms with Crippen molar-refractivity contribution in [3.05, 3.63) is 10.4 Å². The zero-order valence-corrected chi connectivity index (χ0v) is 5.89. The molecule has 11 heteroatoms. The lowest BCUT2D eigenvalue weighted by atomic mass is 10.9. The van der Waals surface area contributed by atoms with E-state index in [9.17, 15) is 10.4 Å². The molecule has 0 saturated carbocycles. The van der Waals surface area contributed by atoms with Crippen molar-refractivity contribution in [2.75, 3.05) is 5.32 Å². The Morgan fingerprint density at radius 2 is 1.38 bits per heavy atom. The molecule has 2 aromatic heterocycles. The SMILES string of the molecule is [O-]n1nnnc1Nc1nnnn1[O-]. The third-order valence-electron chi connectivity index (χ3n) is 1.11. The Kier molecular flexibility index (Phi) is 1.41. The lowest BCUT2D eigenvalue weighted by Gasteiger charge is -2.09. The first-order valence-corrected chi connectivity index (χ1v) is 2.96. The highest BCUT2D eigenvalue weighted by atomic mass is 16.5. The fourth-order valence-electron chi connectivity index (χ4n) is 0.604. The Labute approximate surface area is 69.5 Å². The number of rotatable bonds is 2. The second-order valence-corrected chi connectivity index (χ2v) is 1.88. The first kappa shape index (κ1) is 7.20. The molecule has 0 spiro atoms. The van der Waals surface area contributed by atoms with Crippen molar-refractivity contribution in [3.8, 4) is 0 Å². The number of hydrogen-bond donors (Lipinski definition) is 1. The summed E-state index contributed by atoms with van der Waals surface area (Å²) in [5, 5.41) is 42.2. The summed E-state index contributed by atoms with van der Waals surface area (Å²) in [6.45, 7) is 0. The Balaban J connectivity index is 2.24. The lowest BCUT2D eigenvalue weighted by Crippen LogP contribution is -2.04. The van der Waals surface area contributed by atoms with Crippen LogP contribution in [0.5, 0.6) is 0 Å². The quantitative estimate of drug-likeness (QED) is 0.563. The fourth-order valence-corrected chi connectivity index (χ4v) is 0.604. The van der Waals surface area contributed by atoms with E-state index in [2.05, 4.69) is 36.4 Å². The van der Waals surface area contributed by atoms with Gasteiger partial charge in [-0.1, -0.05) is 10.2 Å². The summed E-state index contributed by atoms with van der Waals surface area (Å²) < 4.78 is 0. The normalized spacial score (nSPS) is 10.2. The number of aromatic nitrogens is 8. The first-order valence-electron chi connectivity index (χ1n) is 2.96. The van der Waals surface area contributed by atoms with Crippen molar-refractivity contribution < 1.29 is 0 Å². The van der Waals surface area contributed by atoms with Crippen LogP contribution < -0.4 is 5.32 Å². The first-order chi connectivity index (χ1) is 6.27. The molecule has 0 aliphatic rings. The molecule has 0 amide bonds. The molecular weight excluding hydrogens is 182 g/mol. The van der Waals surface area contributed by atoms with E-state index in [1.807, 2.05) is 0 Å². The van der Waals surface area contributed by atoms with Crippen LogP contribution in [-0.4, -0.2) is 40.7 Å². The van der Waals surface area contributed by atoms with Gasteiger partial charge in [0.1, 0.15) is 0 Å². The molecule has 1 N–H and O–H groups in total. The summed E-state index contributed by atoms with van der Waals surface area (Å²) in [7, 11) is 0. The van der Waals surface area contributed by atoms with Crippen LogP contribution in [0.3, 0.4) is 0 Å². The molecule has 13 heavy (non-hydrogen) atoms. The molecule has 0 aliphatic heterocycles. The molecule has 0 aromatic carbocycles. The van der Waals surface area contributed by atoms with Crippen molar-refractivity contribution in [1.82, 2.24) is 40.7 Å². The summed E-state index contributed by atoms with van der Waals surface area (Å²) >= 11 is 0. The lowest BCUT2D eigenvalue weighted by molar-refractivity contribution is 0.789. The molecule has 0 aliphatic carbocycles. The summed E-state index contributed by atoms with van der Waals surface area (Å²) in [5.41, 5.74) is 0. The predicted octanol–water partition coefficient (Wildman–Crippen LogP) is -1.91. The van der Waals surface area contributed by atoms with E-state index >= 15 is 0 Å². The van der Waals surface area contributed by atoms with E-state index in [1.165, 1.54) is 0 Å². The van der Waals surface area contributed by atoms with Crippen molar-refractivity contribution in [1.29, 1.82) is 0 Å². The molecule has 2 rings (SSSR count). The van der Waals surface area contributed by atoms with Crippen LogP contribution in [0.4, 0.5) is 11.9 Å². The van der Waals surface area contributed by atoms with Crippen LogP contribution in [0.2, 0.25) is 0 Å². The van der Waals surface area contributed by atoms with Gasteiger partial charge in [-0.15, -0.1) is 0 Å². The minimum atomic E-state index is -0.271. The van der Waals surface area contributed by atoms with Gasteiger partial charge in [0.2, 0.25) is 11.9 Å². The molecule has 2 aromatic rings. The number of nitrogens with zero attached hydrogens (tertiary/aromatic N) is 8. The zero-order chi connectivity index (χ0) is 9.26. The van der Waals surface area contributed by atoms with Gasteiger partial charge >= 0.3 is 0 Å². The van der Waals surface area contributed by atoms with Gasteiger partial charge < -0.3 is 10.4 Å². The van der Waals surface area contributed by atoms with Crippen LogP contribution >= 0.6 is 0 Å². The van der Waals surface area contributed by atoms with E-state index in [0.717, 1.165) is 0 Å².